The zero-order valence-corrected chi connectivity index (χ0v) is 29.9. The van der Waals surface area contributed by atoms with Crippen molar-refractivity contribution in [3.05, 3.63) is 122 Å². The first-order valence-electron chi connectivity index (χ1n) is 18.1. The molecule has 0 saturated heterocycles. The quantitative estimate of drug-likeness (QED) is 0.0471. The molecule has 0 rings (SSSR count). The van der Waals surface area contributed by atoms with Gasteiger partial charge in [0.05, 0.1) is 0 Å². The molecule has 0 aliphatic rings. The summed E-state index contributed by atoms with van der Waals surface area (Å²) >= 11 is 0. The minimum atomic E-state index is -1.02. The van der Waals surface area contributed by atoms with Gasteiger partial charge in [-0.1, -0.05) is 135 Å². The van der Waals surface area contributed by atoms with Crippen LogP contribution in [0.4, 0.5) is 0 Å². The molecule has 0 radical (unpaired) electrons. The second kappa shape index (κ2) is 37.8. The van der Waals surface area contributed by atoms with E-state index in [0.717, 1.165) is 77.0 Å². The van der Waals surface area contributed by atoms with E-state index in [1.54, 1.807) is 0 Å². The maximum Gasteiger partial charge on any atom is 0.305 e. The molecule has 1 N–H and O–H groups in total. The van der Waals surface area contributed by atoms with Crippen molar-refractivity contribution < 1.29 is 24.2 Å². The molecule has 0 bridgehead atoms. The molecule has 0 aromatic rings. The molecule has 0 saturated carbocycles. The van der Waals surface area contributed by atoms with Gasteiger partial charge in [0.2, 0.25) is 0 Å². The third-order valence-electron chi connectivity index (χ3n) is 6.69. The normalized spacial score (nSPS) is 13.1. The van der Waals surface area contributed by atoms with Gasteiger partial charge in [0, 0.05) is 12.8 Å². The van der Waals surface area contributed by atoms with E-state index in [1.165, 1.54) is 0 Å². The van der Waals surface area contributed by atoms with Crippen molar-refractivity contribution in [3.8, 4) is 0 Å². The lowest BCUT2D eigenvalue weighted by atomic mass is 10.2. The summed E-state index contributed by atoms with van der Waals surface area (Å²) in [6, 6.07) is 0. The van der Waals surface area contributed by atoms with Gasteiger partial charge in [-0.3, -0.25) is 9.59 Å². The predicted molar refractivity (Wildman–Crippen MR) is 205 cm³/mol. The third kappa shape index (κ3) is 36.8. The Balaban J connectivity index is 3.70. The Bertz CT molecular complexity index is 981. The van der Waals surface area contributed by atoms with Gasteiger partial charge in [-0.2, -0.15) is 0 Å². The van der Waals surface area contributed by atoms with Gasteiger partial charge >= 0.3 is 11.9 Å². The summed E-state index contributed by atoms with van der Waals surface area (Å²) in [6.45, 7) is 3.94. The van der Waals surface area contributed by atoms with E-state index in [9.17, 15) is 14.7 Å². The second-order valence-corrected chi connectivity index (χ2v) is 11.2. The number of unbranched alkanes of at least 4 members (excludes halogenated alkanes) is 2. The average molecular weight is 661 g/mol. The van der Waals surface area contributed by atoms with Crippen LogP contribution >= 0.6 is 0 Å². The van der Waals surface area contributed by atoms with Crippen LogP contribution in [0, 0.1) is 0 Å². The first kappa shape index (κ1) is 44.3. The average Bonchev–Trinajstić information content (AvgIpc) is 3.09. The molecule has 0 aromatic carbocycles. The zero-order valence-electron chi connectivity index (χ0n) is 29.9. The summed E-state index contributed by atoms with van der Waals surface area (Å²) in [7, 11) is 0. The van der Waals surface area contributed by atoms with E-state index in [4.69, 9.17) is 9.47 Å². The Morgan fingerprint density at radius 3 is 0.958 bits per heavy atom. The van der Waals surface area contributed by atoms with Crippen molar-refractivity contribution in [2.24, 2.45) is 0 Å². The van der Waals surface area contributed by atoms with E-state index in [2.05, 4.69) is 135 Å². The predicted octanol–water partition coefficient (Wildman–Crippen LogP) is 11.3. The van der Waals surface area contributed by atoms with Gasteiger partial charge in [0.1, 0.15) is 19.3 Å². The number of hydrogen-bond donors (Lipinski definition) is 1. The van der Waals surface area contributed by atoms with Gasteiger partial charge in [0.25, 0.3) is 0 Å². The van der Waals surface area contributed by atoms with Crippen LogP contribution in [0.5, 0.6) is 0 Å². The van der Waals surface area contributed by atoms with Crippen LogP contribution in [-0.2, 0) is 19.1 Å². The lowest BCUT2D eigenvalue weighted by Crippen LogP contribution is -2.25. The monoisotopic (exact) mass is 660 g/mol. The number of esters is 2. The number of aliphatic hydroxyl groups is 1. The number of allylic oxidation sites excluding steroid dienone is 20. The fourth-order valence-electron chi connectivity index (χ4n) is 4.04. The van der Waals surface area contributed by atoms with Crippen molar-refractivity contribution in [3.63, 3.8) is 0 Å². The van der Waals surface area contributed by atoms with Gasteiger partial charge in [-0.15, -0.1) is 0 Å². The molecule has 5 heteroatoms. The molecule has 0 amide bonds. The van der Waals surface area contributed by atoms with Gasteiger partial charge in [0.15, 0.2) is 0 Å². The van der Waals surface area contributed by atoms with Crippen molar-refractivity contribution >= 4 is 11.9 Å². The van der Waals surface area contributed by atoms with E-state index < -0.39 is 6.10 Å². The number of rotatable bonds is 30. The number of carbonyl (C=O) groups excluding carboxylic acids is 2. The summed E-state index contributed by atoms with van der Waals surface area (Å²) < 4.78 is 10.2. The van der Waals surface area contributed by atoms with E-state index in [-0.39, 0.29) is 38.0 Å². The molecule has 0 spiro atoms. The van der Waals surface area contributed by atoms with Gasteiger partial charge in [-0.25, -0.2) is 0 Å². The highest BCUT2D eigenvalue weighted by atomic mass is 16.6. The largest absolute Gasteiger partial charge is 0.463 e. The van der Waals surface area contributed by atoms with Gasteiger partial charge < -0.3 is 14.6 Å². The first-order valence-corrected chi connectivity index (χ1v) is 18.1. The van der Waals surface area contributed by atoms with Crippen LogP contribution in [0.1, 0.15) is 117 Å². The number of ether oxygens (including phenoxy) is 2. The molecule has 0 aliphatic heterocycles. The molecule has 0 fully saturated rings. The summed E-state index contributed by atoms with van der Waals surface area (Å²) in [4.78, 5) is 23.8. The highest BCUT2D eigenvalue weighted by Gasteiger charge is 2.11. The molecule has 266 valence electrons. The minimum Gasteiger partial charge on any atom is -0.463 e. The Labute approximate surface area is 293 Å². The Morgan fingerprint density at radius 2 is 0.688 bits per heavy atom. The molecule has 48 heavy (non-hydrogen) atoms. The lowest BCUT2D eigenvalue weighted by molar-refractivity contribution is -0.152. The number of aliphatic hydroxyl groups excluding tert-OH is 1. The Morgan fingerprint density at radius 1 is 0.438 bits per heavy atom. The third-order valence-corrected chi connectivity index (χ3v) is 6.69. The van der Waals surface area contributed by atoms with Gasteiger partial charge in [-0.05, 0) is 89.9 Å². The van der Waals surface area contributed by atoms with Crippen LogP contribution in [0.2, 0.25) is 0 Å². The second-order valence-electron chi connectivity index (χ2n) is 11.2. The fourth-order valence-corrected chi connectivity index (χ4v) is 4.04. The van der Waals surface area contributed by atoms with Crippen molar-refractivity contribution in [2.45, 2.75) is 123 Å². The van der Waals surface area contributed by atoms with Crippen molar-refractivity contribution in [1.82, 2.24) is 0 Å². The standard InChI is InChI=1S/C43H64O5/c1-3-5-7-9-11-13-15-17-19-21-23-25-27-29-31-33-35-37-42(45)47-39-41(44)40-48-43(46)38-36-34-32-30-28-26-24-22-20-18-16-14-12-10-8-6-4-2/h5-8,11-14,17-20,23-26,29-32,41,44H,3-4,9-10,15-16,21-22,27-28,33-40H2,1-2H3/b7-5+,8-6+,13-11+,14-12+,19-17+,20-18+,25-23+,26-24+,31-29+,32-30+. The summed E-state index contributed by atoms with van der Waals surface area (Å²) in [5.74, 6) is -0.713. The molecular formula is C43H64O5. The van der Waals surface area contributed by atoms with Crippen LogP contribution in [0.3, 0.4) is 0 Å². The topological polar surface area (TPSA) is 72.8 Å². The maximum absolute atomic E-state index is 11.9. The smallest absolute Gasteiger partial charge is 0.305 e. The van der Waals surface area contributed by atoms with Crippen LogP contribution in [0.25, 0.3) is 0 Å². The summed E-state index contributed by atoms with van der Waals surface area (Å²) in [5, 5.41) is 9.98. The van der Waals surface area contributed by atoms with Crippen molar-refractivity contribution in [2.75, 3.05) is 13.2 Å². The Hall–Kier alpha value is -3.70. The highest BCUT2D eigenvalue weighted by molar-refractivity contribution is 5.69. The number of carbonyl (C=O) groups is 2. The summed E-state index contributed by atoms with van der Waals surface area (Å²) in [6.07, 6.45) is 55.4. The SMILES string of the molecule is CC/C=C/C/C=C/C/C=C/C/C=C/C/C=C/CCCC(=O)OCC(O)COC(=O)CCC/C=C/C/C=C/C/C=C/C/C=C/C/C=C/CC. The molecule has 0 aliphatic carbocycles. The molecule has 5 nitrogen and oxygen atoms in total. The fraction of sp³-hybridized carbons (Fsp3) is 0.488. The molecule has 0 aromatic heterocycles. The lowest BCUT2D eigenvalue weighted by Gasteiger charge is -2.11. The highest BCUT2D eigenvalue weighted by Crippen LogP contribution is 2.04. The molecule has 0 unspecified atom stereocenters. The zero-order chi connectivity index (χ0) is 35.0. The molecular weight excluding hydrogens is 596 g/mol. The van der Waals surface area contributed by atoms with E-state index in [0.29, 0.717) is 12.8 Å². The van der Waals surface area contributed by atoms with E-state index >= 15 is 0 Å². The minimum absolute atomic E-state index is 0.173. The first-order chi connectivity index (χ1) is 23.6. The molecule has 0 atom stereocenters. The Kier molecular flexibility index (Phi) is 34.8. The van der Waals surface area contributed by atoms with Crippen LogP contribution < -0.4 is 0 Å². The summed E-state index contributed by atoms with van der Waals surface area (Å²) in [5.41, 5.74) is 0. The number of hydrogen-bond acceptors (Lipinski definition) is 5. The van der Waals surface area contributed by atoms with Crippen molar-refractivity contribution in [1.29, 1.82) is 0 Å². The molecule has 0 heterocycles. The van der Waals surface area contributed by atoms with E-state index in [1.807, 2.05) is 0 Å². The maximum atomic E-state index is 11.9. The van der Waals surface area contributed by atoms with Crippen LogP contribution in [-0.4, -0.2) is 36.4 Å². The van der Waals surface area contributed by atoms with Crippen LogP contribution in [0.15, 0.2) is 122 Å².